The molecule has 0 rings (SSSR count). The van der Waals surface area contributed by atoms with Gasteiger partial charge in [0.15, 0.2) is 6.26 Å². The predicted molar refractivity (Wildman–Crippen MR) is 43.7 cm³/mol. The Labute approximate surface area is 68.2 Å². The molecule has 1 radical (unpaired) electrons. The van der Waals surface area contributed by atoms with Gasteiger partial charge in [-0.05, 0) is 33.3 Å². The molecule has 0 unspecified atom stereocenters. The van der Waals surface area contributed by atoms with Crippen LogP contribution in [0.25, 0.3) is 0 Å². The van der Waals surface area contributed by atoms with Crippen molar-refractivity contribution < 1.29 is 9.53 Å². The molecular weight excluding hydrogens is 140 g/mol. The summed E-state index contributed by atoms with van der Waals surface area (Å²) in [5.74, 6) is -0.248. The predicted octanol–water partition coefficient (Wildman–Crippen LogP) is 2.30. The van der Waals surface area contributed by atoms with Gasteiger partial charge in [-0.1, -0.05) is 6.92 Å². The number of allylic oxidation sites excluding steroid dienone is 1. The summed E-state index contributed by atoms with van der Waals surface area (Å²) in [7, 11) is 0. The zero-order valence-corrected chi connectivity index (χ0v) is 7.60. The topological polar surface area (TPSA) is 26.3 Å². The Bertz CT molecular complexity index is 151. The number of ether oxygens (including phenoxy) is 1. The first-order valence-electron chi connectivity index (χ1n) is 3.77. The summed E-state index contributed by atoms with van der Waals surface area (Å²) in [6.07, 6.45) is 4.98. The fraction of sp³-hybridized carbons (Fsp3) is 0.667. The van der Waals surface area contributed by atoms with Crippen LogP contribution in [0.2, 0.25) is 0 Å². The lowest BCUT2D eigenvalue weighted by Crippen LogP contribution is -2.20. The molecule has 0 spiro atoms. The maximum atomic E-state index is 11.0. The number of esters is 1. The van der Waals surface area contributed by atoms with Crippen LogP contribution in [-0.2, 0) is 9.53 Å². The van der Waals surface area contributed by atoms with E-state index in [0.717, 1.165) is 6.42 Å². The molecular formula is C9H15O2. The smallest absolute Gasteiger partial charge is 0.316 e. The molecule has 0 aliphatic heterocycles. The van der Waals surface area contributed by atoms with Gasteiger partial charge in [-0.25, -0.2) is 0 Å². The first-order valence-corrected chi connectivity index (χ1v) is 3.77. The van der Waals surface area contributed by atoms with Crippen molar-refractivity contribution in [2.45, 2.75) is 34.1 Å². The average Bonchev–Trinajstić information content (AvgIpc) is 1.86. The van der Waals surface area contributed by atoms with Crippen LogP contribution in [0.3, 0.4) is 0 Å². The van der Waals surface area contributed by atoms with Crippen molar-refractivity contribution in [3.8, 4) is 0 Å². The highest BCUT2D eigenvalue weighted by Crippen LogP contribution is 2.14. The fourth-order valence-electron chi connectivity index (χ4n) is 0.332. The van der Waals surface area contributed by atoms with E-state index in [1.807, 2.05) is 27.7 Å². The molecule has 0 aromatic carbocycles. The highest BCUT2D eigenvalue weighted by molar-refractivity contribution is 5.75. The summed E-state index contributed by atoms with van der Waals surface area (Å²) >= 11 is 0. The van der Waals surface area contributed by atoms with Gasteiger partial charge in [0.05, 0.1) is 5.41 Å². The Morgan fingerprint density at radius 2 is 2.09 bits per heavy atom. The van der Waals surface area contributed by atoms with Gasteiger partial charge in [0, 0.05) is 0 Å². The summed E-state index contributed by atoms with van der Waals surface area (Å²) in [6.45, 7) is 7.38. The molecule has 0 aliphatic rings. The quantitative estimate of drug-likeness (QED) is 0.452. The van der Waals surface area contributed by atoms with E-state index < -0.39 is 5.41 Å². The van der Waals surface area contributed by atoms with Gasteiger partial charge in [-0.2, -0.15) is 0 Å². The Morgan fingerprint density at radius 3 is 2.45 bits per heavy atom. The first-order chi connectivity index (χ1) is 4.98. The Morgan fingerprint density at radius 1 is 1.55 bits per heavy atom. The van der Waals surface area contributed by atoms with Crippen LogP contribution in [-0.4, -0.2) is 5.97 Å². The molecule has 0 fully saturated rings. The molecule has 0 bridgehead atoms. The third kappa shape index (κ3) is 4.59. The molecule has 0 saturated carbocycles. The van der Waals surface area contributed by atoms with Crippen molar-refractivity contribution in [2.75, 3.05) is 0 Å². The van der Waals surface area contributed by atoms with E-state index in [9.17, 15) is 4.79 Å². The van der Waals surface area contributed by atoms with Gasteiger partial charge < -0.3 is 4.74 Å². The first kappa shape index (κ1) is 10.2. The average molecular weight is 155 g/mol. The van der Waals surface area contributed by atoms with Crippen molar-refractivity contribution in [1.29, 1.82) is 0 Å². The van der Waals surface area contributed by atoms with Crippen molar-refractivity contribution in [1.82, 2.24) is 0 Å². The SMILES string of the molecule is CCC=[C]OC(=O)C(C)(C)C. The monoisotopic (exact) mass is 155 g/mol. The third-order valence-corrected chi connectivity index (χ3v) is 1.05. The summed E-state index contributed by atoms with van der Waals surface area (Å²) in [4.78, 5) is 11.0. The van der Waals surface area contributed by atoms with Gasteiger partial charge >= 0.3 is 5.97 Å². The van der Waals surface area contributed by atoms with Gasteiger partial charge in [0.1, 0.15) is 0 Å². The normalized spacial score (nSPS) is 12.0. The van der Waals surface area contributed by atoms with Crippen LogP contribution in [0.4, 0.5) is 0 Å². The molecule has 2 heteroatoms. The standard InChI is InChI=1S/C9H15O2/c1-5-6-7-11-8(10)9(2,3)4/h6H,5H2,1-4H3. The zero-order chi connectivity index (χ0) is 8.91. The molecule has 0 aromatic rings. The number of carbonyl (C=O) groups excluding carboxylic acids is 1. The molecule has 63 valence electrons. The van der Waals surface area contributed by atoms with Crippen LogP contribution in [0.1, 0.15) is 34.1 Å². The lowest BCUT2D eigenvalue weighted by molar-refractivity contribution is -0.147. The largest absolute Gasteiger partial charge is 0.422 e. The second-order valence-corrected chi connectivity index (χ2v) is 3.37. The summed E-state index contributed by atoms with van der Waals surface area (Å²) in [6, 6.07) is 0. The number of rotatable bonds is 2. The fourth-order valence-corrected chi connectivity index (χ4v) is 0.332. The lowest BCUT2D eigenvalue weighted by Gasteiger charge is -2.13. The van der Waals surface area contributed by atoms with E-state index >= 15 is 0 Å². The van der Waals surface area contributed by atoms with Crippen LogP contribution in [0.15, 0.2) is 6.08 Å². The maximum absolute atomic E-state index is 11.0. The highest BCUT2D eigenvalue weighted by Gasteiger charge is 2.22. The Balaban J connectivity index is 3.80. The van der Waals surface area contributed by atoms with Gasteiger partial charge in [-0.3, -0.25) is 4.79 Å². The molecule has 0 aromatic heterocycles. The minimum Gasteiger partial charge on any atom is -0.422 e. The van der Waals surface area contributed by atoms with Crippen LogP contribution in [0, 0.1) is 11.7 Å². The van der Waals surface area contributed by atoms with E-state index in [1.54, 1.807) is 6.08 Å². The number of hydrogen-bond donors (Lipinski definition) is 0. The van der Waals surface area contributed by atoms with Crippen molar-refractivity contribution >= 4 is 5.97 Å². The van der Waals surface area contributed by atoms with Crippen LogP contribution in [0.5, 0.6) is 0 Å². The molecule has 0 aliphatic carbocycles. The highest BCUT2D eigenvalue weighted by atomic mass is 16.5. The molecule has 11 heavy (non-hydrogen) atoms. The second-order valence-electron chi connectivity index (χ2n) is 3.37. The second kappa shape index (κ2) is 4.16. The molecule has 0 atom stereocenters. The van der Waals surface area contributed by atoms with Crippen molar-refractivity contribution in [3.63, 3.8) is 0 Å². The van der Waals surface area contributed by atoms with Gasteiger partial charge in [0.2, 0.25) is 0 Å². The van der Waals surface area contributed by atoms with Crippen LogP contribution >= 0.6 is 0 Å². The zero-order valence-electron chi connectivity index (χ0n) is 7.60. The molecule has 2 nitrogen and oxygen atoms in total. The molecule has 0 heterocycles. The van der Waals surface area contributed by atoms with E-state index in [1.165, 1.54) is 0 Å². The minimum atomic E-state index is -0.436. The van der Waals surface area contributed by atoms with E-state index in [2.05, 4.69) is 6.26 Å². The van der Waals surface area contributed by atoms with Crippen molar-refractivity contribution in [3.05, 3.63) is 12.3 Å². The van der Waals surface area contributed by atoms with Crippen LogP contribution < -0.4 is 0 Å². The molecule has 0 saturated heterocycles. The molecule has 0 amide bonds. The number of hydrogen-bond acceptors (Lipinski definition) is 2. The third-order valence-electron chi connectivity index (χ3n) is 1.05. The lowest BCUT2D eigenvalue weighted by atomic mass is 9.98. The summed E-state index contributed by atoms with van der Waals surface area (Å²) in [5, 5.41) is 0. The minimum absolute atomic E-state index is 0.248. The number of carbonyl (C=O) groups is 1. The molecule has 0 N–H and O–H groups in total. The van der Waals surface area contributed by atoms with Crippen molar-refractivity contribution in [2.24, 2.45) is 5.41 Å². The Hall–Kier alpha value is -0.790. The van der Waals surface area contributed by atoms with Gasteiger partial charge in [-0.15, -0.1) is 0 Å². The van der Waals surface area contributed by atoms with E-state index in [0.29, 0.717) is 0 Å². The summed E-state index contributed by atoms with van der Waals surface area (Å²) in [5.41, 5.74) is -0.436. The Kier molecular flexibility index (Phi) is 3.86. The van der Waals surface area contributed by atoms with Gasteiger partial charge in [0.25, 0.3) is 0 Å². The van der Waals surface area contributed by atoms with E-state index in [-0.39, 0.29) is 5.97 Å². The summed E-state index contributed by atoms with van der Waals surface area (Å²) < 4.78 is 4.70. The van der Waals surface area contributed by atoms with E-state index in [4.69, 9.17) is 4.74 Å². The maximum Gasteiger partial charge on any atom is 0.316 e.